The molecule has 1 atom stereocenters. The Bertz CT molecular complexity index is 518. The number of alkyl carbamates (subject to hydrolysis) is 1. The van der Waals surface area contributed by atoms with E-state index in [2.05, 4.69) is 27.9 Å². The van der Waals surface area contributed by atoms with Crippen LogP contribution in [-0.2, 0) is 14.3 Å². The van der Waals surface area contributed by atoms with Crippen LogP contribution in [0.4, 0.5) is 4.79 Å². The first kappa shape index (κ1) is 28.0. The maximum absolute atomic E-state index is 12.0. The van der Waals surface area contributed by atoms with Gasteiger partial charge in [0.15, 0.2) is 5.96 Å². The molecule has 9 nitrogen and oxygen atoms in total. The molecular weight excluding hydrogens is 386 g/mol. The SMILES string of the molecule is CCCCC(CNC(=O)OC(C)(C)C)NC(=NCC(=O)N(C)C)NCCCOCC. The maximum Gasteiger partial charge on any atom is 0.407 e. The summed E-state index contributed by atoms with van der Waals surface area (Å²) < 4.78 is 10.7. The van der Waals surface area contributed by atoms with Gasteiger partial charge in [-0.25, -0.2) is 9.79 Å². The predicted octanol–water partition coefficient (Wildman–Crippen LogP) is 2.12. The van der Waals surface area contributed by atoms with Gasteiger partial charge in [0.1, 0.15) is 12.1 Å². The number of likely N-dealkylation sites (N-methyl/N-ethyl adjacent to an activating group) is 1. The molecule has 176 valence electrons. The fourth-order valence-corrected chi connectivity index (χ4v) is 2.36. The van der Waals surface area contributed by atoms with E-state index in [1.165, 1.54) is 4.90 Å². The number of carbonyl (C=O) groups excluding carboxylic acids is 2. The molecule has 3 N–H and O–H groups in total. The van der Waals surface area contributed by atoms with Gasteiger partial charge >= 0.3 is 6.09 Å². The Balaban J connectivity index is 4.96. The number of nitrogens with one attached hydrogen (secondary N) is 3. The van der Waals surface area contributed by atoms with Crippen molar-refractivity contribution < 1.29 is 19.1 Å². The Morgan fingerprint density at radius 1 is 1.10 bits per heavy atom. The van der Waals surface area contributed by atoms with E-state index in [9.17, 15) is 9.59 Å². The number of hydrogen-bond donors (Lipinski definition) is 3. The molecule has 0 bridgehead atoms. The zero-order valence-electron chi connectivity index (χ0n) is 20.0. The molecule has 0 aliphatic carbocycles. The largest absolute Gasteiger partial charge is 0.444 e. The number of guanidine groups is 1. The first-order valence-electron chi connectivity index (χ1n) is 10.9. The molecule has 0 aliphatic heterocycles. The third-order valence-electron chi connectivity index (χ3n) is 3.97. The van der Waals surface area contributed by atoms with Crippen molar-refractivity contribution in [1.82, 2.24) is 20.9 Å². The van der Waals surface area contributed by atoms with Crippen molar-refractivity contribution in [2.45, 2.75) is 71.9 Å². The van der Waals surface area contributed by atoms with Crippen LogP contribution in [0.15, 0.2) is 4.99 Å². The van der Waals surface area contributed by atoms with Crippen LogP contribution in [0.2, 0.25) is 0 Å². The van der Waals surface area contributed by atoms with Gasteiger partial charge in [-0.15, -0.1) is 0 Å². The molecule has 1 unspecified atom stereocenters. The van der Waals surface area contributed by atoms with E-state index in [-0.39, 0.29) is 18.5 Å². The fraction of sp³-hybridized carbons (Fsp3) is 0.857. The molecule has 0 spiro atoms. The lowest BCUT2D eigenvalue weighted by atomic mass is 10.1. The maximum atomic E-state index is 12.0. The van der Waals surface area contributed by atoms with Gasteiger partial charge in [-0.3, -0.25) is 4.79 Å². The minimum atomic E-state index is -0.544. The van der Waals surface area contributed by atoms with E-state index in [1.54, 1.807) is 14.1 Å². The standard InChI is InChI=1S/C21H43N5O4/c1-8-10-12-17(15-24-20(28)30-21(3,4)5)25-19(22-13-11-14-29-9-2)23-16-18(27)26(6)7/h17H,8-16H2,1-7H3,(H,24,28)(H2,22,23,25). The minimum Gasteiger partial charge on any atom is -0.444 e. The summed E-state index contributed by atoms with van der Waals surface area (Å²) in [5.74, 6) is 0.469. The van der Waals surface area contributed by atoms with Crippen LogP contribution in [0.5, 0.6) is 0 Å². The highest BCUT2D eigenvalue weighted by Gasteiger charge is 2.18. The summed E-state index contributed by atoms with van der Waals surface area (Å²) >= 11 is 0. The van der Waals surface area contributed by atoms with E-state index < -0.39 is 11.7 Å². The molecule has 0 saturated carbocycles. The van der Waals surface area contributed by atoms with Crippen molar-refractivity contribution >= 4 is 18.0 Å². The van der Waals surface area contributed by atoms with Gasteiger partial charge in [0.25, 0.3) is 0 Å². The summed E-state index contributed by atoms with van der Waals surface area (Å²) in [5.41, 5.74) is -0.544. The Labute approximate surface area is 182 Å². The van der Waals surface area contributed by atoms with Gasteiger partial charge in [0.2, 0.25) is 5.91 Å². The summed E-state index contributed by atoms with van der Waals surface area (Å²) in [4.78, 5) is 29.9. The normalized spacial score (nSPS) is 12.8. The van der Waals surface area contributed by atoms with Crippen molar-refractivity contribution in [1.29, 1.82) is 0 Å². The number of rotatable bonds is 13. The molecule has 0 aromatic heterocycles. The Kier molecular flexibility index (Phi) is 14.7. The average Bonchev–Trinajstić information content (AvgIpc) is 2.65. The Hall–Kier alpha value is -2.03. The highest BCUT2D eigenvalue weighted by Crippen LogP contribution is 2.07. The molecule has 0 heterocycles. The third-order valence-corrected chi connectivity index (χ3v) is 3.97. The molecule has 30 heavy (non-hydrogen) atoms. The van der Waals surface area contributed by atoms with Crippen LogP contribution >= 0.6 is 0 Å². The highest BCUT2D eigenvalue weighted by molar-refractivity contribution is 5.85. The van der Waals surface area contributed by atoms with Crippen molar-refractivity contribution in [3.63, 3.8) is 0 Å². The van der Waals surface area contributed by atoms with Gasteiger partial charge in [0, 0.05) is 46.4 Å². The van der Waals surface area contributed by atoms with Gasteiger partial charge in [-0.2, -0.15) is 0 Å². The Morgan fingerprint density at radius 3 is 2.37 bits per heavy atom. The lowest BCUT2D eigenvalue weighted by Gasteiger charge is -2.24. The number of nitrogens with zero attached hydrogens (tertiary/aromatic N) is 2. The number of ether oxygens (including phenoxy) is 2. The lowest BCUT2D eigenvalue weighted by molar-refractivity contribution is -0.127. The summed E-state index contributed by atoms with van der Waals surface area (Å²) in [7, 11) is 3.41. The molecule has 0 aromatic rings. The molecule has 0 fully saturated rings. The molecule has 0 rings (SSSR count). The second kappa shape index (κ2) is 15.8. The molecular formula is C21H43N5O4. The van der Waals surface area contributed by atoms with Gasteiger partial charge in [-0.1, -0.05) is 19.8 Å². The zero-order valence-corrected chi connectivity index (χ0v) is 20.0. The summed E-state index contributed by atoms with van der Waals surface area (Å²) in [6.45, 7) is 12.0. The van der Waals surface area contributed by atoms with Crippen molar-refractivity contribution in [2.75, 3.05) is 46.9 Å². The topological polar surface area (TPSA) is 104 Å². The van der Waals surface area contributed by atoms with Gasteiger partial charge < -0.3 is 30.3 Å². The van der Waals surface area contributed by atoms with E-state index >= 15 is 0 Å². The second-order valence-electron chi connectivity index (χ2n) is 8.30. The quantitative estimate of drug-likeness (QED) is 0.235. The predicted molar refractivity (Wildman–Crippen MR) is 121 cm³/mol. The van der Waals surface area contributed by atoms with E-state index in [1.807, 2.05) is 27.7 Å². The van der Waals surface area contributed by atoms with E-state index in [4.69, 9.17) is 9.47 Å². The van der Waals surface area contributed by atoms with Crippen molar-refractivity contribution in [3.8, 4) is 0 Å². The van der Waals surface area contributed by atoms with E-state index in [0.29, 0.717) is 32.3 Å². The number of hydrogen-bond acceptors (Lipinski definition) is 5. The summed E-state index contributed by atoms with van der Waals surface area (Å²) in [5, 5.41) is 9.42. The number of amides is 2. The molecule has 0 aromatic carbocycles. The average molecular weight is 430 g/mol. The minimum absolute atomic E-state index is 0.0370. The van der Waals surface area contributed by atoms with Crippen molar-refractivity contribution in [3.05, 3.63) is 0 Å². The first-order chi connectivity index (χ1) is 14.1. The fourth-order valence-electron chi connectivity index (χ4n) is 2.36. The van der Waals surface area contributed by atoms with Crippen LogP contribution in [-0.4, -0.2) is 81.4 Å². The molecule has 0 aliphatic rings. The summed E-state index contributed by atoms with van der Waals surface area (Å²) in [6, 6.07) is -0.0370. The third kappa shape index (κ3) is 15.8. The summed E-state index contributed by atoms with van der Waals surface area (Å²) in [6.07, 6.45) is 3.27. The molecule has 0 saturated heterocycles. The smallest absolute Gasteiger partial charge is 0.407 e. The van der Waals surface area contributed by atoms with Gasteiger partial charge in [0.05, 0.1) is 0 Å². The Morgan fingerprint density at radius 2 is 1.80 bits per heavy atom. The van der Waals surface area contributed by atoms with Crippen molar-refractivity contribution in [2.24, 2.45) is 4.99 Å². The van der Waals surface area contributed by atoms with Crippen LogP contribution in [0.3, 0.4) is 0 Å². The number of carbonyl (C=O) groups is 2. The van der Waals surface area contributed by atoms with Gasteiger partial charge in [-0.05, 0) is 40.5 Å². The van der Waals surface area contributed by atoms with E-state index in [0.717, 1.165) is 25.7 Å². The number of aliphatic imine (C=N–C) groups is 1. The van der Waals surface area contributed by atoms with Crippen LogP contribution in [0.25, 0.3) is 0 Å². The second-order valence-corrected chi connectivity index (χ2v) is 8.30. The number of unbranched alkanes of at least 4 members (excludes halogenated alkanes) is 1. The lowest BCUT2D eigenvalue weighted by Crippen LogP contribution is -2.49. The zero-order chi connectivity index (χ0) is 23.0. The molecule has 2 amide bonds. The first-order valence-corrected chi connectivity index (χ1v) is 10.9. The molecule has 9 heteroatoms. The van der Waals surface area contributed by atoms with Crippen LogP contribution < -0.4 is 16.0 Å². The van der Waals surface area contributed by atoms with Crippen LogP contribution in [0.1, 0.15) is 60.3 Å². The monoisotopic (exact) mass is 429 g/mol. The highest BCUT2D eigenvalue weighted by atomic mass is 16.6. The van der Waals surface area contributed by atoms with Crippen LogP contribution in [0, 0.1) is 0 Å². The molecule has 0 radical (unpaired) electrons.